The van der Waals surface area contributed by atoms with Crippen molar-refractivity contribution < 1.29 is 19.1 Å². The summed E-state index contributed by atoms with van der Waals surface area (Å²) in [6.45, 7) is 5.22. The molecule has 21 heavy (non-hydrogen) atoms. The zero-order valence-corrected chi connectivity index (χ0v) is 13.1. The zero-order chi connectivity index (χ0) is 15.9. The van der Waals surface area contributed by atoms with Gasteiger partial charge in [0.25, 0.3) is 0 Å². The van der Waals surface area contributed by atoms with Gasteiger partial charge in [-0.25, -0.2) is 4.79 Å². The topological polar surface area (TPSA) is 64.6 Å². The number of nitrogens with one attached hydrogen (secondary N) is 1. The summed E-state index contributed by atoms with van der Waals surface area (Å²) in [6, 6.07) is 8.15. The van der Waals surface area contributed by atoms with E-state index in [0.717, 1.165) is 0 Å². The van der Waals surface area contributed by atoms with Gasteiger partial charge in [0.1, 0.15) is 24.0 Å². The molecule has 1 aromatic rings. The molecule has 0 aliphatic heterocycles. The van der Waals surface area contributed by atoms with Crippen LogP contribution in [0.4, 0.5) is 4.79 Å². The van der Waals surface area contributed by atoms with Gasteiger partial charge in [-0.05, 0) is 32.9 Å². The van der Waals surface area contributed by atoms with Gasteiger partial charge < -0.3 is 14.8 Å². The largest absolute Gasteiger partial charge is 0.491 e. The Bertz CT molecular complexity index is 470. The molecule has 0 heterocycles. The summed E-state index contributed by atoms with van der Waals surface area (Å²) in [5.41, 5.74) is -0.640. The van der Waals surface area contributed by atoms with Gasteiger partial charge in [0.2, 0.25) is 0 Å². The normalized spacial score (nSPS) is 12.4. The van der Waals surface area contributed by atoms with Crippen LogP contribution in [0, 0.1) is 0 Å². The van der Waals surface area contributed by atoms with Gasteiger partial charge in [-0.15, -0.1) is 11.6 Å². The highest BCUT2D eigenvalue weighted by Crippen LogP contribution is 2.10. The third kappa shape index (κ3) is 6.99. The van der Waals surface area contributed by atoms with Crippen LogP contribution in [-0.4, -0.2) is 36.0 Å². The fourth-order valence-electron chi connectivity index (χ4n) is 1.45. The average molecular weight is 314 g/mol. The minimum atomic E-state index is -0.849. The summed E-state index contributed by atoms with van der Waals surface area (Å²) in [5, 5.41) is 2.47. The Morgan fingerprint density at radius 3 is 2.38 bits per heavy atom. The van der Waals surface area contributed by atoms with Gasteiger partial charge >= 0.3 is 6.09 Å². The predicted molar refractivity (Wildman–Crippen MR) is 80.8 cm³/mol. The number of benzene rings is 1. The molecule has 5 nitrogen and oxygen atoms in total. The van der Waals surface area contributed by atoms with Gasteiger partial charge in [-0.2, -0.15) is 0 Å². The van der Waals surface area contributed by atoms with Crippen LogP contribution in [0.25, 0.3) is 0 Å². The number of ketones is 1. The summed E-state index contributed by atoms with van der Waals surface area (Å²) in [4.78, 5) is 23.5. The summed E-state index contributed by atoms with van der Waals surface area (Å²) >= 11 is 5.55. The van der Waals surface area contributed by atoms with Gasteiger partial charge in [-0.1, -0.05) is 18.2 Å². The maximum absolute atomic E-state index is 11.8. The minimum Gasteiger partial charge on any atom is -0.491 e. The first-order chi connectivity index (χ1) is 9.81. The van der Waals surface area contributed by atoms with Crippen LogP contribution in [-0.2, 0) is 9.53 Å². The maximum Gasteiger partial charge on any atom is 0.408 e. The summed E-state index contributed by atoms with van der Waals surface area (Å²) in [7, 11) is 0. The van der Waals surface area contributed by atoms with Crippen LogP contribution in [0.3, 0.4) is 0 Å². The molecular weight excluding hydrogens is 294 g/mol. The van der Waals surface area contributed by atoms with E-state index >= 15 is 0 Å². The van der Waals surface area contributed by atoms with Gasteiger partial charge in [0.15, 0.2) is 5.78 Å². The SMILES string of the molecule is CC(C)(C)OC(=O)N[C@@H](COc1ccccc1)C(=O)CCl. The fourth-order valence-corrected chi connectivity index (χ4v) is 1.64. The minimum absolute atomic E-state index is 0.00515. The van der Waals surface area contributed by atoms with Crippen molar-refractivity contribution in [3.05, 3.63) is 30.3 Å². The number of ether oxygens (including phenoxy) is 2. The lowest BCUT2D eigenvalue weighted by atomic mass is 10.2. The first kappa shape index (κ1) is 17.3. The van der Waals surface area contributed by atoms with E-state index in [4.69, 9.17) is 21.1 Å². The average Bonchev–Trinajstić information content (AvgIpc) is 2.41. The van der Waals surface area contributed by atoms with Crippen molar-refractivity contribution in [1.29, 1.82) is 0 Å². The van der Waals surface area contributed by atoms with E-state index in [-0.39, 0.29) is 18.3 Å². The molecule has 0 saturated heterocycles. The second-order valence-electron chi connectivity index (χ2n) is 5.42. The van der Waals surface area contributed by atoms with Gasteiger partial charge in [0.05, 0.1) is 5.88 Å². The molecule has 0 saturated carbocycles. The molecular formula is C15H20ClNO4. The van der Waals surface area contributed by atoms with E-state index in [0.29, 0.717) is 5.75 Å². The quantitative estimate of drug-likeness (QED) is 0.820. The first-order valence-electron chi connectivity index (χ1n) is 6.58. The highest BCUT2D eigenvalue weighted by molar-refractivity contribution is 6.28. The molecule has 0 fully saturated rings. The molecule has 0 bridgehead atoms. The first-order valence-corrected chi connectivity index (χ1v) is 7.11. The van der Waals surface area contributed by atoms with Crippen LogP contribution < -0.4 is 10.1 Å². The van der Waals surface area contributed by atoms with Crippen LogP contribution in [0.2, 0.25) is 0 Å². The molecule has 1 N–H and O–H groups in total. The molecule has 6 heteroatoms. The monoisotopic (exact) mass is 313 g/mol. The van der Waals surface area contributed by atoms with E-state index in [1.807, 2.05) is 18.2 Å². The van der Waals surface area contributed by atoms with E-state index in [1.54, 1.807) is 32.9 Å². The lowest BCUT2D eigenvalue weighted by Gasteiger charge is -2.23. The van der Waals surface area contributed by atoms with Gasteiger partial charge in [-0.3, -0.25) is 4.79 Å². The smallest absolute Gasteiger partial charge is 0.408 e. The van der Waals surface area contributed by atoms with Crippen LogP contribution in [0.1, 0.15) is 20.8 Å². The Labute approximate surface area is 129 Å². The molecule has 0 aliphatic carbocycles. The second kappa shape index (κ2) is 7.88. The lowest BCUT2D eigenvalue weighted by Crippen LogP contribution is -2.47. The van der Waals surface area contributed by atoms with E-state index in [2.05, 4.69) is 5.32 Å². The zero-order valence-electron chi connectivity index (χ0n) is 12.4. The molecule has 0 spiro atoms. The molecule has 1 atom stereocenters. The number of para-hydroxylation sites is 1. The number of hydrogen-bond acceptors (Lipinski definition) is 4. The standard InChI is InChI=1S/C15H20ClNO4/c1-15(2,3)21-14(19)17-12(13(18)9-16)10-20-11-7-5-4-6-8-11/h4-8,12H,9-10H2,1-3H3,(H,17,19)/t12-/m0/s1. The van der Waals surface area contributed by atoms with E-state index < -0.39 is 17.7 Å². The summed E-state index contributed by atoms with van der Waals surface area (Å²) in [6.07, 6.45) is -0.678. The molecule has 0 aliphatic rings. The predicted octanol–water partition coefficient (Wildman–Crippen LogP) is 2.77. The summed E-state index contributed by atoms with van der Waals surface area (Å²) in [5.74, 6) is 0.0628. The molecule has 0 unspecified atom stereocenters. The number of carbonyl (C=O) groups is 2. The number of amides is 1. The number of rotatable bonds is 6. The molecule has 0 aromatic heterocycles. The molecule has 116 valence electrons. The Morgan fingerprint density at radius 1 is 1.24 bits per heavy atom. The Morgan fingerprint density at radius 2 is 1.86 bits per heavy atom. The maximum atomic E-state index is 11.8. The van der Waals surface area contributed by atoms with Crippen molar-refractivity contribution in [1.82, 2.24) is 5.32 Å². The van der Waals surface area contributed by atoms with Crippen molar-refractivity contribution in [2.75, 3.05) is 12.5 Å². The Balaban J connectivity index is 2.60. The van der Waals surface area contributed by atoms with E-state index in [9.17, 15) is 9.59 Å². The van der Waals surface area contributed by atoms with Crippen LogP contribution >= 0.6 is 11.6 Å². The van der Waals surface area contributed by atoms with Crippen LogP contribution in [0.15, 0.2) is 30.3 Å². The number of alkyl carbamates (subject to hydrolysis) is 1. The third-order valence-electron chi connectivity index (χ3n) is 2.37. The van der Waals surface area contributed by atoms with E-state index in [1.165, 1.54) is 0 Å². The van der Waals surface area contributed by atoms with Crippen LogP contribution in [0.5, 0.6) is 5.75 Å². The highest BCUT2D eigenvalue weighted by atomic mass is 35.5. The number of alkyl halides is 1. The van der Waals surface area contributed by atoms with Crippen molar-refractivity contribution >= 4 is 23.5 Å². The number of halogens is 1. The molecule has 0 radical (unpaired) electrons. The number of hydrogen-bond donors (Lipinski definition) is 1. The highest BCUT2D eigenvalue weighted by Gasteiger charge is 2.24. The number of carbonyl (C=O) groups excluding carboxylic acids is 2. The van der Waals surface area contributed by atoms with Gasteiger partial charge in [0, 0.05) is 0 Å². The summed E-state index contributed by atoms with van der Waals surface area (Å²) < 4.78 is 10.6. The molecule has 1 amide bonds. The lowest BCUT2D eigenvalue weighted by molar-refractivity contribution is -0.119. The van der Waals surface area contributed by atoms with Crippen molar-refractivity contribution in [3.63, 3.8) is 0 Å². The Hall–Kier alpha value is -1.75. The second-order valence-corrected chi connectivity index (χ2v) is 5.69. The van der Waals surface area contributed by atoms with Crippen molar-refractivity contribution in [2.45, 2.75) is 32.4 Å². The number of Topliss-reactive ketones (excluding diaryl/α,β-unsaturated/α-hetero) is 1. The third-order valence-corrected chi connectivity index (χ3v) is 2.63. The van der Waals surface area contributed by atoms with Crippen molar-refractivity contribution in [3.8, 4) is 5.75 Å². The Kier molecular flexibility index (Phi) is 6.49. The molecule has 1 aromatic carbocycles. The fraction of sp³-hybridized carbons (Fsp3) is 0.467. The molecule has 1 rings (SSSR count). The van der Waals surface area contributed by atoms with Crippen molar-refractivity contribution in [2.24, 2.45) is 0 Å².